The zero-order chi connectivity index (χ0) is 22.4. The Morgan fingerprint density at radius 3 is 2.48 bits per heavy atom. The third-order valence-corrected chi connectivity index (χ3v) is 5.89. The van der Waals surface area contributed by atoms with Gasteiger partial charge in [0.25, 0.3) is 15.9 Å². The predicted octanol–water partition coefficient (Wildman–Crippen LogP) is 4.21. The third-order valence-electron chi connectivity index (χ3n) is 4.37. The summed E-state index contributed by atoms with van der Waals surface area (Å²) < 4.78 is 33.7. The molecule has 1 aromatic heterocycles. The first kappa shape index (κ1) is 22.0. The van der Waals surface area contributed by atoms with E-state index in [0.29, 0.717) is 35.0 Å². The van der Waals surface area contributed by atoms with Crippen LogP contribution >= 0.6 is 0 Å². The van der Waals surface area contributed by atoms with E-state index in [1.165, 1.54) is 6.20 Å². The second-order valence-corrected chi connectivity index (χ2v) is 8.54. The van der Waals surface area contributed by atoms with Gasteiger partial charge >= 0.3 is 0 Å². The number of rotatable bonds is 8. The first-order valence-corrected chi connectivity index (χ1v) is 11.0. The van der Waals surface area contributed by atoms with Crippen LogP contribution < -0.4 is 14.8 Å². The average Bonchev–Trinajstić information content (AvgIpc) is 2.75. The lowest BCUT2D eigenvalue weighted by atomic mass is 10.2. The lowest BCUT2D eigenvalue weighted by Gasteiger charge is -2.12. The van der Waals surface area contributed by atoms with Crippen LogP contribution in [0.2, 0.25) is 0 Å². The van der Waals surface area contributed by atoms with Crippen molar-refractivity contribution in [2.75, 3.05) is 11.3 Å². The summed E-state index contributed by atoms with van der Waals surface area (Å²) in [5.74, 6) is 0.537. The van der Waals surface area contributed by atoms with Gasteiger partial charge in [0, 0.05) is 24.5 Å². The van der Waals surface area contributed by atoms with Crippen molar-refractivity contribution in [3.63, 3.8) is 0 Å². The molecule has 2 N–H and O–H groups in total. The molecule has 0 fully saturated rings. The molecule has 1 heterocycles. The number of anilines is 1. The van der Waals surface area contributed by atoms with Crippen LogP contribution in [0, 0.1) is 13.8 Å². The number of aryl methyl sites for hydroxylation is 2. The fourth-order valence-corrected chi connectivity index (χ4v) is 4.15. The number of sulfonamides is 1. The maximum absolute atomic E-state index is 12.7. The number of nitrogens with zero attached hydrogens (tertiary/aromatic N) is 1. The van der Waals surface area contributed by atoms with Crippen LogP contribution in [0.3, 0.4) is 0 Å². The van der Waals surface area contributed by atoms with Crippen LogP contribution in [0.25, 0.3) is 0 Å². The van der Waals surface area contributed by atoms with E-state index in [9.17, 15) is 13.2 Å². The molecule has 0 aliphatic carbocycles. The quantitative estimate of drug-likeness (QED) is 0.515. The second-order valence-electron chi connectivity index (χ2n) is 6.88. The second kappa shape index (κ2) is 9.44. The van der Waals surface area contributed by atoms with Gasteiger partial charge in [-0.1, -0.05) is 18.2 Å². The van der Waals surface area contributed by atoms with Gasteiger partial charge in [-0.3, -0.25) is 9.52 Å². The largest absolute Gasteiger partial charge is 0.439 e. The van der Waals surface area contributed by atoms with E-state index >= 15 is 0 Å². The predicted molar refractivity (Wildman–Crippen MR) is 120 cm³/mol. The van der Waals surface area contributed by atoms with Crippen molar-refractivity contribution in [2.45, 2.75) is 18.7 Å². The molecular weight excluding hydrogens is 414 g/mol. The van der Waals surface area contributed by atoms with Gasteiger partial charge in [0.2, 0.25) is 5.88 Å². The molecule has 0 radical (unpaired) electrons. The summed E-state index contributed by atoms with van der Waals surface area (Å²) >= 11 is 0. The molecule has 2 aromatic carbocycles. The lowest BCUT2D eigenvalue weighted by molar-refractivity contribution is 0.0957. The first-order valence-electron chi connectivity index (χ1n) is 9.51. The number of carbonyl (C=O) groups is 1. The molecule has 1 amide bonds. The van der Waals surface area contributed by atoms with E-state index in [4.69, 9.17) is 4.74 Å². The molecule has 7 nitrogen and oxygen atoms in total. The number of hydrogen-bond donors (Lipinski definition) is 2. The Kier molecular flexibility index (Phi) is 6.71. The van der Waals surface area contributed by atoms with Crippen molar-refractivity contribution in [1.29, 1.82) is 0 Å². The van der Waals surface area contributed by atoms with E-state index in [1.807, 2.05) is 13.0 Å². The van der Waals surface area contributed by atoms with Gasteiger partial charge in [0.15, 0.2) is 0 Å². The molecule has 0 bridgehead atoms. The number of aromatic nitrogens is 1. The average molecular weight is 438 g/mol. The minimum Gasteiger partial charge on any atom is -0.439 e. The zero-order valence-corrected chi connectivity index (χ0v) is 18.1. The van der Waals surface area contributed by atoms with Crippen LogP contribution in [-0.2, 0) is 10.0 Å². The normalized spacial score (nSPS) is 10.9. The number of nitrogens with one attached hydrogen (secondary N) is 2. The van der Waals surface area contributed by atoms with E-state index in [-0.39, 0.29) is 10.8 Å². The topological polar surface area (TPSA) is 97.4 Å². The van der Waals surface area contributed by atoms with Crippen molar-refractivity contribution in [3.8, 4) is 11.6 Å². The van der Waals surface area contributed by atoms with Gasteiger partial charge in [-0.25, -0.2) is 13.4 Å². The summed E-state index contributed by atoms with van der Waals surface area (Å²) in [5.41, 5.74) is 2.36. The monoisotopic (exact) mass is 437 g/mol. The number of amides is 1. The Labute approximate surface area is 181 Å². The minimum absolute atomic E-state index is 0.245. The molecule has 3 rings (SSSR count). The fraction of sp³-hybridized carbons (Fsp3) is 0.130. The minimum atomic E-state index is -3.71. The van der Waals surface area contributed by atoms with Crippen molar-refractivity contribution < 1.29 is 17.9 Å². The highest BCUT2D eigenvalue weighted by Crippen LogP contribution is 2.24. The molecule has 0 atom stereocenters. The maximum Gasteiger partial charge on any atom is 0.262 e. The van der Waals surface area contributed by atoms with E-state index in [1.54, 1.807) is 61.5 Å². The number of hydrogen-bond acceptors (Lipinski definition) is 5. The number of carbonyl (C=O) groups excluding carboxylic acids is 1. The highest BCUT2D eigenvalue weighted by atomic mass is 32.2. The number of pyridine rings is 1. The molecule has 3 aromatic rings. The van der Waals surface area contributed by atoms with Crippen LogP contribution in [0.5, 0.6) is 11.6 Å². The molecule has 0 unspecified atom stereocenters. The molecule has 160 valence electrons. The Bertz CT molecular complexity index is 1190. The smallest absolute Gasteiger partial charge is 0.262 e. The molecule has 0 aliphatic rings. The summed E-state index contributed by atoms with van der Waals surface area (Å²) in [7, 11) is -3.71. The van der Waals surface area contributed by atoms with Crippen LogP contribution in [0.15, 0.2) is 78.3 Å². The van der Waals surface area contributed by atoms with Crippen molar-refractivity contribution >= 4 is 21.6 Å². The number of ether oxygens (including phenoxy) is 1. The van der Waals surface area contributed by atoms with E-state index < -0.39 is 10.0 Å². The van der Waals surface area contributed by atoms with Gasteiger partial charge in [-0.2, -0.15) is 0 Å². The fourth-order valence-electron chi connectivity index (χ4n) is 2.76. The summed E-state index contributed by atoms with van der Waals surface area (Å²) in [6, 6.07) is 15.0. The zero-order valence-electron chi connectivity index (χ0n) is 17.3. The molecule has 31 heavy (non-hydrogen) atoms. The van der Waals surface area contributed by atoms with E-state index in [2.05, 4.69) is 21.6 Å². The molecule has 0 spiro atoms. The lowest BCUT2D eigenvalue weighted by Crippen LogP contribution is -2.23. The van der Waals surface area contributed by atoms with Crippen molar-refractivity contribution in [3.05, 3.63) is 90.1 Å². The van der Waals surface area contributed by atoms with Gasteiger partial charge in [-0.05, 0) is 61.4 Å². The Morgan fingerprint density at radius 1 is 1.10 bits per heavy atom. The molecule has 0 saturated heterocycles. The Balaban J connectivity index is 1.67. The molecule has 8 heteroatoms. The molecule has 0 aliphatic heterocycles. The third kappa shape index (κ3) is 5.70. The van der Waals surface area contributed by atoms with Crippen LogP contribution in [-0.4, -0.2) is 25.9 Å². The molecule has 0 saturated carbocycles. The molecular formula is C23H23N3O4S. The Morgan fingerprint density at radius 2 is 1.84 bits per heavy atom. The summed E-state index contributed by atoms with van der Waals surface area (Å²) in [6.45, 7) is 7.52. The van der Waals surface area contributed by atoms with Crippen molar-refractivity contribution in [1.82, 2.24) is 10.3 Å². The number of benzene rings is 2. The van der Waals surface area contributed by atoms with Gasteiger partial charge in [0.05, 0.1) is 10.5 Å². The Hall–Kier alpha value is -3.65. The summed E-state index contributed by atoms with van der Waals surface area (Å²) in [5, 5.41) is 2.67. The summed E-state index contributed by atoms with van der Waals surface area (Å²) in [6.07, 6.45) is 3.01. The van der Waals surface area contributed by atoms with E-state index in [0.717, 1.165) is 5.56 Å². The first-order chi connectivity index (χ1) is 14.8. The van der Waals surface area contributed by atoms with Gasteiger partial charge in [-0.15, -0.1) is 6.58 Å². The standard InChI is InChI=1S/C23H23N3O4S/c1-4-13-24-23(27)18-7-12-22(25-15-18)30-20-10-8-19(9-11-20)26-31(28,29)21-14-16(2)5-6-17(21)3/h4-12,14-15,26H,1,13H2,2-3H3,(H,24,27). The van der Waals surface area contributed by atoms with Crippen molar-refractivity contribution in [2.24, 2.45) is 0 Å². The maximum atomic E-state index is 12.7. The van der Waals surface area contributed by atoms with Gasteiger partial charge < -0.3 is 10.1 Å². The highest BCUT2D eigenvalue weighted by Gasteiger charge is 2.17. The van der Waals surface area contributed by atoms with Crippen LogP contribution in [0.4, 0.5) is 5.69 Å². The highest BCUT2D eigenvalue weighted by molar-refractivity contribution is 7.92. The summed E-state index contributed by atoms with van der Waals surface area (Å²) in [4.78, 5) is 16.2. The van der Waals surface area contributed by atoms with Crippen LogP contribution in [0.1, 0.15) is 21.5 Å². The van der Waals surface area contributed by atoms with Gasteiger partial charge in [0.1, 0.15) is 5.75 Å². The SMILES string of the molecule is C=CCNC(=O)c1ccc(Oc2ccc(NS(=O)(=O)c3cc(C)ccc3C)cc2)nc1.